The molecular formula is C14H15IO2. The smallest absolute Gasteiger partial charge is 0.343 e. The van der Waals surface area contributed by atoms with Gasteiger partial charge in [-0.3, -0.25) is 0 Å². The van der Waals surface area contributed by atoms with E-state index in [1.54, 1.807) is 0 Å². The van der Waals surface area contributed by atoms with Crippen molar-refractivity contribution < 1.29 is 4.42 Å². The van der Waals surface area contributed by atoms with E-state index in [-0.39, 0.29) is 5.63 Å². The fraction of sp³-hybridized carbons (Fsp3) is 0.357. The van der Waals surface area contributed by atoms with E-state index >= 15 is 0 Å². The lowest BCUT2D eigenvalue weighted by Crippen LogP contribution is -2.06. The maximum Gasteiger partial charge on any atom is 0.343 e. The summed E-state index contributed by atoms with van der Waals surface area (Å²) in [6, 6.07) is 5.77. The zero-order chi connectivity index (χ0) is 12.4. The molecule has 0 spiro atoms. The lowest BCUT2D eigenvalue weighted by molar-refractivity contribution is 0.456. The Morgan fingerprint density at radius 1 is 1.35 bits per heavy atom. The molecule has 90 valence electrons. The van der Waals surface area contributed by atoms with E-state index in [1.165, 1.54) is 0 Å². The second-order valence-electron chi connectivity index (χ2n) is 4.23. The number of benzene rings is 1. The molecule has 0 bridgehead atoms. The molecule has 0 radical (unpaired) electrons. The quantitative estimate of drug-likeness (QED) is 0.788. The van der Waals surface area contributed by atoms with Crippen LogP contribution in [0.4, 0.5) is 0 Å². The van der Waals surface area contributed by atoms with E-state index in [9.17, 15) is 4.79 Å². The Morgan fingerprint density at radius 3 is 2.82 bits per heavy atom. The van der Waals surface area contributed by atoms with Crippen molar-refractivity contribution in [1.29, 1.82) is 0 Å². The first-order valence-corrected chi connectivity index (χ1v) is 6.93. The molecule has 0 saturated heterocycles. The van der Waals surface area contributed by atoms with Crippen molar-refractivity contribution in [3.63, 3.8) is 0 Å². The number of hydrogen-bond acceptors (Lipinski definition) is 2. The third-order valence-electron chi connectivity index (χ3n) is 2.93. The van der Waals surface area contributed by atoms with Crippen molar-refractivity contribution >= 4 is 33.4 Å². The monoisotopic (exact) mass is 342 g/mol. The standard InChI is InChI=1S/C14H15IO2/c1-3-4-8-11-13(15)12-9(2)6-5-7-10(12)14(16)17-11/h5-7H,3-4,8H2,1-2H3. The fourth-order valence-electron chi connectivity index (χ4n) is 1.98. The van der Waals surface area contributed by atoms with E-state index in [0.717, 1.165) is 39.5 Å². The Kier molecular flexibility index (Phi) is 3.86. The second-order valence-corrected chi connectivity index (χ2v) is 5.31. The van der Waals surface area contributed by atoms with Gasteiger partial charge in [0, 0.05) is 11.8 Å². The largest absolute Gasteiger partial charge is 0.426 e. The minimum atomic E-state index is -0.213. The number of halogens is 1. The van der Waals surface area contributed by atoms with Crippen LogP contribution in [0.1, 0.15) is 31.1 Å². The van der Waals surface area contributed by atoms with Crippen LogP contribution in [0.5, 0.6) is 0 Å². The van der Waals surface area contributed by atoms with Crippen molar-refractivity contribution in [2.45, 2.75) is 33.1 Å². The molecule has 0 aliphatic carbocycles. The van der Waals surface area contributed by atoms with Gasteiger partial charge < -0.3 is 4.42 Å². The fourth-order valence-corrected chi connectivity index (χ4v) is 3.07. The highest BCUT2D eigenvalue weighted by Crippen LogP contribution is 2.25. The molecule has 0 atom stereocenters. The van der Waals surface area contributed by atoms with Crippen LogP contribution in [0.3, 0.4) is 0 Å². The van der Waals surface area contributed by atoms with Gasteiger partial charge in [0.15, 0.2) is 0 Å². The highest BCUT2D eigenvalue weighted by molar-refractivity contribution is 14.1. The van der Waals surface area contributed by atoms with Gasteiger partial charge in [0.25, 0.3) is 0 Å². The summed E-state index contributed by atoms with van der Waals surface area (Å²) in [6.45, 7) is 4.17. The van der Waals surface area contributed by atoms with E-state index in [4.69, 9.17) is 4.42 Å². The van der Waals surface area contributed by atoms with Crippen LogP contribution in [-0.4, -0.2) is 0 Å². The summed E-state index contributed by atoms with van der Waals surface area (Å²) in [5.74, 6) is 0.833. The maximum atomic E-state index is 11.9. The minimum Gasteiger partial charge on any atom is -0.426 e. The van der Waals surface area contributed by atoms with Gasteiger partial charge in [0.05, 0.1) is 8.96 Å². The van der Waals surface area contributed by atoms with Crippen LogP contribution in [-0.2, 0) is 6.42 Å². The van der Waals surface area contributed by atoms with E-state index < -0.39 is 0 Å². The third-order valence-corrected chi connectivity index (χ3v) is 4.07. The molecule has 1 aromatic heterocycles. The summed E-state index contributed by atoms with van der Waals surface area (Å²) >= 11 is 2.29. The normalized spacial score (nSPS) is 11.0. The van der Waals surface area contributed by atoms with E-state index in [2.05, 4.69) is 29.5 Å². The van der Waals surface area contributed by atoms with Gasteiger partial charge in [-0.25, -0.2) is 4.79 Å². The molecule has 0 unspecified atom stereocenters. The van der Waals surface area contributed by atoms with Gasteiger partial charge in [-0.05, 0) is 47.6 Å². The number of hydrogen-bond donors (Lipinski definition) is 0. The van der Waals surface area contributed by atoms with Gasteiger partial charge >= 0.3 is 5.63 Å². The molecular weight excluding hydrogens is 327 g/mol. The Labute approximate surface area is 114 Å². The van der Waals surface area contributed by atoms with E-state index in [1.807, 2.05) is 25.1 Å². The minimum absolute atomic E-state index is 0.213. The predicted molar refractivity (Wildman–Crippen MR) is 78.6 cm³/mol. The summed E-state index contributed by atoms with van der Waals surface area (Å²) in [4.78, 5) is 11.9. The summed E-state index contributed by atoms with van der Waals surface area (Å²) in [5.41, 5.74) is 0.924. The number of unbranched alkanes of at least 4 members (excludes halogenated alkanes) is 1. The molecule has 3 heteroatoms. The molecule has 1 heterocycles. The molecule has 0 amide bonds. The van der Waals surface area contributed by atoms with Gasteiger partial charge in [0.1, 0.15) is 5.76 Å². The Hall–Kier alpha value is -0.840. The van der Waals surface area contributed by atoms with Crippen molar-refractivity contribution in [2.75, 3.05) is 0 Å². The molecule has 2 nitrogen and oxygen atoms in total. The number of aryl methyl sites for hydroxylation is 2. The molecule has 2 rings (SSSR count). The Balaban J connectivity index is 2.70. The lowest BCUT2D eigenvalue weighted by atomic mass is 10.1. The highest BCUT2D eigenvalue weighted by atomic mass is 127. The summed E-state index contributed by atoms with van der Waals surface area (Å²) in [7, 11) is 0. The Morgan fingerprint density at radius 2 is 2.12 bits per heavy atom. The molecule has 0 fully saturated rings. The molecule has 0 aliphatic rings. The van der Waals surface area contributed by atoms with Crippen molar-refractivity contribution in [1.82, 2.24) is 0 Å². The van der Waals surface area contributed by atoms with Crippen LogP contribution < -0.4 is 5.63 Å². The molecule has 2 aromatic rings. The average Bonchev–Trinajstić information content (AvgIpc) is 2.32. The van der Waals surface area contributed by atoms with Gasteiger partial charge in [-0.15, -0.1) is 0 Å². The first kappa shape index (κ1) is 12.6. The molecule has 17 heavy (non-hydrogen) atoms. The summed E-state index contributed by atoms with van der Waals surface area (Å²) < 4.78 is 6.50. The SMILES string of the molecule is CCCCc1oc(=O)c2cccc(C)c2c1I. The number of rotatable bonds is 3. The van der Waals surface area contributed by atoms with Crippen LogP contribution in [0, 0.1) is 10.5 Å². The second kappa shape index (κ2) is 5.21. The molecule has 1 aromatic carbocycles. The van der Waals surface area contributed by atoms with Gasteiger partial charge in [0.2, 0.25) is 0 Å². The molecule has 0 N–H and O–H groups in total. The Bertz CT molecular complexity index is 599. The first-order valence-electron chi connectivity index (χ1n) is 5.86. The molecule has 0 aliphatic heterocycles. The average molecular weight is 342 g/mol. The maximum absolute atomic E-state index is 11.9. The summed E-state index contributed by atoms with van der Waals surface area (Å²) in [6.07, 6.45) is 3.00. The predicted octanol–water partition coefficient (Wildman–Crippen LogP) is 4.05. The lowest BCUT2D eigenvalue weighted by Gasteiger charge is -2.08. The topological polar surface area (TPSA) is 30.2 Å². The van der Waals surface area contributed by atoms with Gasteiger partial charge in [-0.1, -0.05) is 25.5 Å². The van der Waals surface area contributed by atoms with Crippen LogP contribution >= 0.6 is 22.6 Å². The first-order chi connectivity index (χ1) is 8.15. The van der Waals surface area contributed by atoms with Gasteiger partial charge in [-0.2, -0.15) is 0 Å². The number of fused-ring (bicyclic) bond motifs is 1. The highest BCUT2D eigenvalue weighted by Gasteiger charge is 2.12. The van der Waals surface area contributed by atoms with Crippen molar-refractivity contribution in [3.05, 3.63) is 43.5 Å². The van der Waals surface area contributed by atoms with Crippen LogP contribution in [0.2, 0.25) is 0 Å². The van der Waals surface area contributed by atoms with Crippen LogP contribution in [0.25, 0.3) is 10.8 Å². The van der Waals surface area contributed by atoms with Crippen molar-refractivity contribution in [3.8, 4) is 0 Å². The molecule has 0 saturated carbocycles. The van der Waals surface area contributed by atoms with Crippen LogP contribution in [0.15, 0.2) is 27.4 Å². The van der Waals surface area contributed by atoms with E-state index in [0.29, 0.717) is 5.39 Å². The van der Waals surface area contributed by atoms with Crippen molar-refractivity contribution in [2.24, 2.45) is 0 Å². The zero-order valence-corrected chi connectivity index (χ0v) is 12.2. The third kappa shape index (κ3) is 2.39. The summed E-state index contributed by atoms with van der Waals surface area (Å²) in [5, 5.41) is 1.74. The zero-order valence-electron chi connectivity index (χ0n) is 10.0.